The van der Waals surface area contributed by atoms with E-state index < -0.39 is 0 Å². The molecule has 2 aromatic rings. The fourth-order valence-corrected chi connectivity index (χ4v) is 2.80. The maximum absolute atomic E-state index is 4.57. The molecule has 0 saturated carbocycles. The van der Waals surface area contributed by atoms with Crippen LogP contribution in [0.2, 0.25) is 0 Å². The Labute approximate surface area is 112 Å². The Bertz CT molecular complexity index is 539. The largest absolute Gasteiger partial charge is 0.377 e. The van der Waals surface area contributed by atoms with Crippen LogP contribution in [0.3, 0.4) is 0 Å². The van der Waals surface area contributed by atoms with Crippen molar-refractivity contribution >= 4 is 17.0 Å². The number of aryl methyl sites for hydroxylation is 2. The molecule has 2 heterocycles. The lowest BCUT2D eigenvalue weighted by Crippen LogP contribution is -2.06. The maximum Gasteiger partial charge on any atom is 0.0828 e. The number of hydrogen-bond donors (Lipinski definition) is 1. The SMILES string of the molecule is Cc1ncsc1CNc1c(C)nn(C(C)C)c1C. The molecule has 0 amide bonds. The molecular weight excluding hydrogens is 244 g/mol. The van der Waals surface area contributed by atoms with Crippen LogP contribution in [0.5, 0.6) is 0 Å². The summed E-state index contributed by atoms with van der Waals surface area (Å²) in [5, 5.41) is 8.06. The van der Waals surface area contributed by atoms with Crippen LogP contribution in [-0.2, 0) is 6.54 Å². The first-order valence-electron chi connectivity index (χ1n) is 6.19. The minimum absolute atomic E-state index is 0.393. The van der Waals surface area contributed by atoms with E-state index in [-0.39, 0.29) is 0 Å². The molecule has 0 saturated heterocycles. The normalized spacial score (nSPS) is 11.2. The van der Waals surface area contributed by atoms with Gasteiger partial charge in [0.15, 0.2) is 0 Å². The highest BCUT2D eigenvalue weighted by atomic mass is 32.1. The van der Waals surface area contributed by atoms with Gasteiger partial charge < -0.3 is 5.32 Å². The third-order valence-electron chi connectivity index (χ3n) is 3.08. The monoisotopic (exact) mass is 264 g/mol. The van der Waals surface area contributed by atoms with E-state index >= 15 is 0 Å². The molecule has 0 fully saturated rings. The summed E-state index contributed by atoms with van der Waals surface area (Å²) in [6.07, 6.45) is 0. The zero-order valence-corrected chi connectivity index (χ0v) is 12.4. The number of nitrogens with one attached hydrogen (secondary N) is 1. The van der Waals surface area contributed by atoms with Crippen LogP contribution in [0, 0.1) is 20.8 Å². The molecule has 98 valence electrons. The van der Waals surface area contributed by atoms with E-state index in [9.17, 15) is 0 Å². The van der Waals surface area contributed by atoms with Gasteiger partial charge in [-0.1, -0.05) is 0 Å². The summed E-state index contributed by atoms with van der Waals surface area (Å²) in [7, 11) is 0. The van der Waals surface area contributed by atoms with Crippen molar-refractivity contribution in [1.82, 2.24) is 14.8 Å². The molecule has 0 aromatic carbocycles. The molecule has 2 aromatic heterocycles. The minimum Gasteiger partial charge on any atom is -0.377 e. The van der Waals surface area contributed by atoms with Crippen molar-refractivity contribution < 1.29 is 0 Å². The fraction of sp³-hybridized carbons (Fsp3) is 0.538. The smallest absolute Gasteiger partial charge is 0.0828 e. The van der Waals surface area contributed by atoms with E-state index in [0.717, 1.165) is 23.6 Å². The van der Waals surface area contributed by atoms with E-state index in [1.807, 2.05) is 19.4 Å². The molecule has 5 heteroatoms. The zero-order valence-electron chi connectivity index (χ0n) is 11.6. The average Bonchev–Trinajstić information content (AvgIpc) is 2.82. The molecule has 0 unspecified atom stereocenters. The molecule has 0 bridgehead atoms. The topological polar surface area (TPSA) is 42.7 Å². The second-order valence-electron chi connectivity index (χ2n) is 4.80. The van der Waals surface area contributed by atoms with Gasteiger partial charge >= 0.3 is 0 Å². The number of thiazole rings is 1. The van der Waals surface area contributed by atoms with E-state index in [1.54, 1.807) is 11.3 Å². The Hall–Kier alpha value is -1.36. The van der Waals surface area contributed by atoms with Gasteiger partial charge in [-0.25, -0.2) is 4.98 Å². The molecule has 18 heavy (non-hydrogen) atoms. The van der Waals surface area contributed by atoms with E-state index in [4.69, 9.17) is 0 Å². The van der Waals surface area contributed by atoms with Gasteiger partial charge in [0.2, 0.25) is 0 Å². The lowest BCUT2D eigenvalue weighted by molar-refractivity contribution is 0.516. The predicted molar refractivity (Wildman–Crippen MR) is 76.3 cm³/mol. The van der Waals surface area contributed by atoms with Crippen molar-refractivity contribution in [3.05, 3.63) is 27.5 Å². The summed E-state index contributed by atoms with van der Waals surface area (Å²) in [6, 6.07) is 0.393. The first-order valence-corrected chi connectivity index (χ1v) is 7.07. The Morgan fingerprint density at radius 1 is 1.28 bits per heavy atom. The van der Waals surface area contributed by atoms with Gasteiger partial charge in [0, 0.05) is 10.9 Å². The third-order valence-corrected chi connectivity index (χ3v) is 4.02. The van der Waals surface area contributed by atoms with Crippen molar-refractivity contribution in [2.45, 2.75) is 47.2 Å². The van der Waals surface area contributed by atoms with E-state index in [2.05, 4.69) is 40.9 Å². The minimum atomic E-state index is 0.393. The Morgan fingerprint density at radius 3 is 2.50 bits per heavy atom. The van der Waals surface area contributed by atoms with Crippen molar-refractivity contribution in [1.29, 1.82) is 0 Å². The molecule has 0 aliphatic rings. The van der Waals surface area contributed by atoms with Crippen LogP contribution in [0.15, 0.2) is 5.51 Å². The van der Waals surface area contributed by atoms with E-state index in [1.165, 1.54) is 10.6 Å². The molecule has 0 aliphatic heterocycles. The highest BCUT2D eigenvalue weighted by Gasteiger charge is 2.13. The first-order chi connectivity index (χ1) is 8.50. The number of nitrogens with zero attached hydrogens (tertiary/aromatic N) is 3. The van der Waals surface area contributed by atoms with Crippen LogP contribution >= 0.6 is 11.3 Å². The fourth-order valence-electron chi connectivity index (χ4n) is 2.09. The van der Waals surface area contributed by atoms with Crippen LogP contribution in [0.4, 0.5) is 5.69 Å². The molecule has 1 N–H and O–H groups in total. The Kier molecular flexibility index (Phi) is 3.71. The molecule has 0 spiro atoms. The Morgan fingerprint density at radius 2 is 2.00 bits per heavy atom. The summed E-state index contributed by atoms with van der Waals surface area (Å²) in [4.78, 5) is 5.55. The van der Waals surface area contributed by atoms with Crippen molar-refractivity contribution in [3.63, 3.8) is 0 Å². The Balaban J connectivity index is 2.17. The zero-order chi connectivity index (χ0) is 13.3. The molecular formula is C13H20N4S. The lowest BCUT2D eigenvalue weighted by atomic mass is 10.3. The highest BCUT2D eigenvalue weighted by molar-refractivity contribution is 7.09. The van der Waals surface area contributed by atoms with E-state index in [0.29, 0.717) is 6.04 Å². The summed E-state index contributed by atoms with van der Waals surface area (Å²) >= 11 is 1.69. The summed E-state index contributed by atoms with van der Waals surface area (Å²) in [5.74, 6) is 0. The molecule has 0 atom stereocenters. The number of rotatable bonds is 4. The van der Waals surface area contributed by atoms with Gasteiger partial charge in [-0.3, -0.25) is 4.68 Å². The summed E-state index contributed by atoms with van der Waals surface area (Å²) in [5.41, 5.74) is 6.41. The van der Waals surface area contributed by atoms with Crippen LogP contribution in [-0.4, -0.2) is 14.8 Å². The molecule has 2 rings (SSSR count). The second kappa shape index (κ2) is 5.10. The molecule has 0 aliphatic carbocycles. The van der Waals surface area contributed by atoms with Crippen molar-refractivity contribution in [2.24, 2.45) is 0 Å². The molecule has 4 nitrogen and oxygen atoms in total. The van der Waals surface area contributed by atoms with Crippen LogP contribution < -0.4 is 5.32 Å². The van der Waals surface area contributed by atoms with Crippen LogP contribution in [0.25, 0.3) is 0 Å². The number of anilines is 1. The van der Waals surface area contributed by atoms with Gasteiger partial charge in [-0.2, -0.15) is 5.10 Å². The summed E-state index contributed by atoms with van der Waals surface area (Å²) in [6.45, 7) is 11.3. The average molecular weight is 264 g/mol. The second-order valence-corrected chi connectivity index (χ2v) is 5.74. The van der Waals surface area contributed by atoms with Gasteiger partial charge in [0.1, 0.15) is 0 Å². The van der Waals surface area contributed by atoms with Crippen LogP contribution in [0.1, 0.15) is 41.8 Å². The quantitative estimate of drug-likeness (QED) is 0.919. The van der Waals surface area contributed by atoms with Gasteiger partial charge in [0.25, 0.3) is 0 Å². The summed E-state index contributed by atoms with van der Waals surface area (Å²) < 4.78 is 2.07. The lowest BCUT2D eigenvalue weighted by Gasteiger charge is -2.09. The first kappa shape index (κ1) is 13.1. The molecule has 0 radical (unpaired) electrons. The number of hydrogen-bond acceptors (Lipinski definition) is 4. The van der Waals surface area contributed by atoms with Crippen molar-refractivity contribution in [3.8, 4) is 0 Å². The van der Waals surface area contributed by atoms with Gasteiger partial charge in [-0.15, -0.1) is 11.3 Å². The standard InChI is InChI=1S/C13H20N4S/c1-8(2)17-11(5)13(10(4)16-17)14-6-12-9(3)15-7-18-12/h7-8,14H,6H2,1-5H3. The number of aromatic nitrogens is 3. The third kappa shape index (κ3) is 2.41. The van der Waals surface area contributed by atoms with Gasteiger partial charge in [-0.05, 0) is 34.6 Å². The van der Waals surface area contributed by atoms with Crippen molar-refractivity contribution in [2.75, 3.05) is 5.32 Å². The highest BCUT2D eigenvalue weighted by Crippen LogP contribution is 2.24. The van der Waals surface area contributed by atoms with Gasteiger partial charge in [0.05, 0.1) is 34.8 Å². The predicted octanol–water partition coefficient (Wildman–Crippen LogP) is 3.46. The maximum atomic E-state index is 4.57.